The van der Waals surface area contributed by atoms with Gasteiger partial charge in [-0.1, -0.05) is 13.8 Å². The van der Waals surface area contributed by atoms with E-state index in [1.54, 1.807) is 0 Å². The van der Waals surface area contributed by atoms with Crippen LogP contribution in [0.15, 0.2) is 12.3 Å². The van der Waals surface area contributed by atoms with Gasteiger partial charge < -0.3 is 10.2 Å². The van der Waals surface area contributed by atoms with Crippen LogP contribution in [-0.4, -0.2) is 40.9 Å². The highest BCUT2D eigenvalue weighted by Gasteiger charge is 1.99. The van der Waals surface area contributed by atoms with Crippen LogP contribution in [0.4, 0.5) is 0 Å². The molecule has 0 bridgehead atoms. The molecule has 0 atom stereocenters. The van der Waals surface area contributed by atoms with Crippen molar-refractivity contribution >= 4 is 24.8 Å². The van der Waals surface area contributed by atoms with Gasteiger partial charge in [0, 0.05) is 19.8 Å². The number of halogens is 2. The molecule has 18 heavy (non-hydrogen) atoms. The standard InChI is InChI=1S/C12H24N4.2ClH/c1-4-16(5-2)9-6-8-13-11-12-7-10-15(3)14-12;;/h7,10,13H,4-6,8-9,11H2,1-3H3;2*1H. The molecule has 0 unspecified atom stereocenters. The molecule has 1 N–H and O–H groups in total. The van der Waals surface area contributed by atoms with Gasteiger partial charge in [-0.05, 0) is 38.7 Å². The van der Waals surface area contributed by atoms with E-state index in [1.807, 2.05) is 17.9 Å². The molecule has 1 heterocycles. The Balaban J connectivity index is 0. The molecular formula is C12H26Cl2N4. The number of rotatable bonds is 8. The Morgan fingerprint density at radius 1 is 1.28 bits per heavy atom. The summed E-state index contributed by atoms with van der Waals surface area (Å²) in [5.74, 6) is 0. The summed E-state index contributed by atoms with van der Waals surface area (Å²) in [4.78, 5) is 2.45. The van der Waals surface area contributed by atoms with E-state index < -0.39 is 0 Å². The first-order valence-corrected chi connectivity index (χ1v) is 6.17. The lowest BCUT2D eigenvalue weighted by molar-refractivity contribution is 0.298. The summed E-state index contributed by atoms with van der Waals surface area (Å²) < 4.78 is 1.84. The van der Waals surface area contributed by atoms with Crippen molar-refractivity contribution in [2.45, 2.75) is 26.8 Å². The molecular weight excluding hydrogens is 271 g/mol. The van der Waals surface area contributed by atoms with Gasteiger partial charge in [-0.15, -0.1) is 24.8 Å². The van der Waals surface area contributed by atoms with E-state index in [0.717, 1.165) is 31.9 Å². The molecule has 0 saturated heterocycles. The quantitative estimate of drug-likeness (QED) is 0.746. The molecule has 0 radical (unpaired) electrons. The number of hydrogen-bond donors (Lipinski definition) is 1. The molecule has 0 saturated carbocycles. The third kappa shape index (κ3) is 7.93. The van der Waals surface area contributed by atoms with E-state index >= 15 is 0 Å². The van der Waals surface area contributed by atoms with Crippen molar-refractivity contribution in [2.24, 2.45) is 7.05 Å². The maximum absolute atomic E-state index is 4.32. The lowest BCUT2D eigenvalue weighted by atomic mass is 10.3. The van der Waals surface area contributed by atoms with Crippen LogP contribution in [0.3, 0.4) is 0 Å². The third-order valence-corrected chi connectivity index (χ3v) is 2.80. The van der Waals surface area contributed by atoms with Crippen molar-refractivity contribution in [2.75, 3.05) is 26.2 Å². The summed E-state index contributed by atoms with van der Waals surface area (Å²) in [7, 11) is 1.95. The second-order valence-corrected chi connectivity index (χ2v) is 4.04. The Kier molecular flexibility index (Phi) is 13.1. The smallest absolute Gasteiger partial charge is 0.0762 e. The molecule has 1 aromatic rings. The van der Waals surface area contributed by atoms with E-state index in [-0.39, 0.29) is 24.8 Å². The highest BCUT2D eigenvalue weighted by molar-refractivity contribution is 5.85. The zero-order valence-corrected chi connectivity index (χ0v) is 13.2. The number of hydrogen-bond acceptors (Lipinski definition) is 3. The fraction of sp³-hybridized carbons (Fsp3) is 0.750. The van der Waals surface area contributed by atoms with Gasteiger partial charge >= 0.3 is 0 Å². The van der Waals surface area contributed by atoms with Gasteiger partial charge in [-0.25, -0.2) is 0 Å². The first-order chi connectivity index (χ1) is 7.76. The van der Waals surface area contributed by atoms with Gasteiger partial charge in [-0.2, -0.15) is 5.10 Å². The molecule has 1 rings (SSSR count). The molecule has 0 amide bonds. The molecule has 0 spiro atoms. The van der Waals surface area contributed by atoms with E-state index in [0.29, 0.717) is 0 Å². The van der Waals surface area contributed by atoms with Crippen molar-refractivity contribution in [3.8, 4) is 0 Å². The van der Waals surface area contributed by atoms with Crippen LogP contribution in [0, 0.1) is 0 Å². The molecule has 0 fully saturated rings. The van der Waals surface area contributed by atoms with Gasteiger partial charge in [0.05, 0.1) is 5.69 Å². The maximum atomic E-state index is 4.32. The lowest BCUT2D eigenvalue weighted by Gasteiger charge is -2.17. The molecule has 0 aliphatic rings. The predicted molar refractivity (Wildman–Crippen MR) is 81.8 cm³/mol. The minimum atomic E-state index is 0. The Labute approximate surface area is 123 Å². The minimum Gasteiger partial charge on any atom is -0.311 e. The van der Waals surface area contributed by atoms with Crippen molar-refractivity contribution in [3.05, 3.63) is 18.0 Å². The summed E-state index contributed by atoms with van der Waals surface area (Å²) in [6.07, 6.45) is 3.18. The Morgan fingerprint density at radius 2 is 1.94 bits per heavy atom. The number of aryl methyl sites for hydroxylation is 1. The molecule has 0 aliphatic carbocycles. The lowest BCUT2D eigenvalue weighted by Crippen LogP contribution is -2.27. The molecule has 4 nitrogen and oxygen atoms in total. The molecule has 108 valence electrons. The monoisotopic (exact) mass is 296 g/mol. The van der Waals surface area contributed by atoms with E-state index in [1.165, 1.54) is 13.0 Å². The summed E-state index contributed by atoms with van der Waals surface area (Å²) in [6.45, 7) is 9.84. The summed E-state index contributed by atoms with van der Waals surface area (Å²) in [6, 6.07) is 2.05. The van der Waals surface area contributed by atoms with Crippen molar-refractivity contribution in [1.82, 2.24) is 20.0 Å². The SMILES string of the molecule is CCN(CC)CCCNCc1ccn(C)n1.Cl.Cl. The average molecular weight is 297 g/mol. The molecule has 6 heteroatoms. The first-order valence-electron chi connectivity index (χ1n) is 6.17. The van der Waals surface area contributed by atoms with Crippen LogP contribution >= 0.6 is 24.8 Å². The molecule has 0 aromatic carbocycles. The third-order valence-electron chi connectivity index (χ3n) is 2.80. The fourth-order valence-electron chi connectivity index (χ4n) is 1.74. The van der Waals surface area contributed by atoms with Gasteiger partial charge in [0.15, 0.2) is 0 Å². The number of aromatic nitrogens is 2. The summed E-state index contributed by atoms with van der Waals surface area (Å²) >= 11 is 0. The highest BCUT2D eigenvalue weighted by atomic mass is 35.5. The van der Waals surface area contributed by atoms with Crippen LogP contribution in [0.2, 0.25) is 0 Å². The van der Waals surface area contributed by atoms with Crippen molar-refractivity contribution in [3.63, 3.8) is 0 Å². The number of nitrogens with zero attached hydrogens (tertiary/aromatic N) is 3. The zero-order chi connectivity index (χ0) is 11.8. The summed E-state index contributed by atoms with van der Waals surface area (Å²) in [5.41, 5.74) is 1.12. The largest absolute Gasteiger partial charge is 0.311 e. The van der Waals surface area contributed by atoms with Crippen LogP contribution in [0.5, 0.6) is 0 Å². The fourth-order valence-corrected chi connectivity index (χ4v) is 1.74. The zero-order valence-electron chi connectivity index (χ0n) is 11.6. The average Bonchev–Trinajstić information content (AvgIpc) is 2.70. The van der Waals surface area contributed by atoms with Gasteiger partial charge in [-0.3, -0.25) is 4.68 Å². The second kappa shape index (κ2) is 11.8. The first kappa shape index (κ1) is 20.0. The molecule has 0 aliphatic heterocycles. The Hall–Kier alpha value is -0.290. The van der Waals surface area contributed by atoms with E-state index in [2.05, 4.69) is 35.2 Å². The van der Waals surface area contributed by atoms with Gasteiger partial charge in [0.25, 0.3) is 0 Å². The van der Waals surface area contributed by atoms with Crippen LogP contribution < -0.4 is 5.32 Å². The van der Waals surface area contributed by atoms with Gasteiger partial charge in [0.2, 0.25) is 0 Å². The van der Waals surface area contributed by atoms with E-state index in [4.69, 9.17) is 0 Å². The predicted octanol–water partition coefficient (Wildman–Crippen LogP) is 2.09. The summed E-state index contributed by atoms with van der Waals surface area (Å²) in [5, 5.41) is 7.74. The number of nitrogens with one attached hydrogen (secondary N) is 1. The molecule has 1 aromatic heterocycles. The van der Waals surface area contributed by atoms with Crippen LogP contribution in [-0.2, 0) is 13.6 Å². The topological polar surface area (TPSA) is 33.1 Å². The maximum Gasteiger partial charge on any atom is 0.0762 e. The Bertz CT molecular complexity index is 287. The van der Waals surface area contributed by atoms with Gasteiger partial charge in [0.1, 0.15) is 0 Å². The Morgan fingerprint density at radius 3 is 2.44 bits per heavy atom. The van der Waals surface area contributed by atoms with E-state index in [9.17, 15) is 0 Å². The van der Waals surface area contributed by atoms with Crippen molar-refractivity contribution in [1.29, 1.82) is 0 Å². The normalized spacial score (nSPS) is 10.0. The van der Waals surface area contributed by atoms with Crippen LogP contribution in [0.25, 0.3) is 0 Å². The van der Waals surface area contributed by atoms with Crippen molar-refractivity contribution < 1.29 is 0 Å². The van der Waals surface area contributed by atoms with Crippen LogP contribution in [0.1, 0.15) is 26.0 Å². The highest BCUT2D eigenvalue weighted by Crippen LogP contribution is 1.93. The second-order valence-electron chi connectivity index (χ2n) is 4.04. The minimum absolute atomic E-state index is 0.